The molecule has 0 aliphatic rings. The van der Waals surface area contributed by atoms with Crippen LogP contribution in [0.4, 0.5) is 0 Å². The highest BCUT2D eigenvalue weighted by Gasteiger charge is 2.27. The van der Waals surface area contributed by atoms with Crippen LogP contribution in [0.5, 0.6) is 0 Å². The van der Waals surface area contributed by atoms with Gasteiger partial charge in [0, 0.05) is 12.8 Å². The number of hydrogen-bond acceptors (Lipinski definition) is 9. The summed E-state index contributed by atoms with van der Waals surface area (Å²) in [5.41, 5.74) is 0. The second-order valence-electron chi connectivity index (χ2n) is 19.7. The molecule has 1 unspecified atom stereocenters. The molecule has 394 valence electrons. The highest BCUT2D eigenvalue weighted by atomic mass is 31.2. The molecule has 0 aromatic rings. The predicted octanol–water partition coefficient (Wildman–Crippen LogP) is 16.5. The second kappa shape index (κ2) is 51.8. The van der Waals surface area contributed by atoms with Gasteiger partial charge in [0.15, 0.2) is 6.10 Å². The molecule has 66 heavy (non-hydrogen) atoms. The highest BCUT2D eigenvalue weighted by molar-refractivity contribution is 7.47. The van der Waals surface area contributed by atoms with Crippen LogP contribution in [0, 0.1) is 0 Å². The molecule has 0 spiro atoms. The number of ether oxygens (including phenoxy) is 2. The molecule has 11 heteroatoms. The minimum absolute atomic E-state index is 0.193. The Hall–Kier alpha value is -1.03. The van der Waals surface area contributed by atoms with Gasteiger partial charge in [-0.25, -0.2) is 4.57 Å². The molecule has 0 bridgehead atoms. The SMILES string of the molecule is CCCCCCCCCCCCCCCCCCCCCCCCC(=O)OC[C@H](COP(=O)(O)OC[C@@H](O)CO)OC(=O)CCCCCCCCCCCCCCCCCCCCCCC. The smallest absolute Gasteiger partial charge is 0.462 e. The average Bonchev–Trinajstić information content (AvgIpc) is 3.31. The zero-order valence-electron chi connectivity index (χ0n) is 43.4. The van der Waals surface area contributed by atoms with Crippen molar-refractivity contribution in [3.8, 4) is 0 Å². The van der Waals surface area contributed by atoms with E-state index >= 15 is 0 Å². The quantitative estimate of drug-likeness (QED) is 0.0305. The van der Waals surface area contributed by atoms with E-state index in [2.05, 4.69) is 13.8 Å². The molecule has 0 saturated heterocycles. The second-order valence-corrected chi connectivity index (χ2v) is 21.1. The largest absolute Gasteiger partial charge is 0.472 e. The number of carbonyl (C=O) groups is 2. The number of phosphoric ester groups is 1. The lowest BCUT2D eigenvalue weighted by atomic mass is 10.0. The van der Waals surface area contributed by atoms with Gasteiger partial charge in [0.05, 0.1) is 19.8 Å². The molecule has 0 radical (unpaired) electrons. The summed E-state index contributed by atoms with van der Waals surface area (Å²) < 4.78 is 33.0. The molecule has 3 atom stereocenters. The van der Waals surface area contributed by atoms with E-state index in [1.54, 1.807) is 0 Å². The van der Waals surface area contributed by atoms with Crippen molar-refractivity contribution in [2.45, 2.75) is 315 Å². The Morgan fingerprint density at radius 3 is 0.939 bits per heavy atom. The van der Waals surface area contributed by atoms with Crippen molar-refractivity contribution in [3.05, 3.63) is 0 Å². The molecule has 0 aliphatic heterocycles. The lowest BCUT2D eigenvalue weighted by molar-refractivity contribution is -0.161. The fourth-order valence-corrected chi connectivity index (χ4v) is 9.44. The summed E-state index contributed by atoms with van der Waals surface area (Å²) in [6.45, 7) is 2.47. The van der Waals surface area contributed by atoms with E-state index in [0.717, 1.165) is 32.1 Å². The van der Waals surface area contributed by atoms with Crippen molar-refractivity contribution in [2.75, 3.05) is 26.4 Å². The van der Waals surface area contributed by atoms with Crippen LogP contribution in [0.3, 0.4) is 0 Å². The first kappa shape index (κ1) is 65.0. The van der Waals surface area contributed by atoms with Gasteiger partial charge in [0.2, 0.25) is 0 Å². The first-order valence-electron chi connectivity index (χ1n) is 28.5. The maximum atomic E-state index is 12.7. The number of unbranched alkanes of at least 4 members (excludes halogenated alkanes) is 41. The van der Waals surface area contributed by atoms with Crippen LogP contribution in [-0.4, -0.2) is 65.7 Å². The molecule has 0 fully saturated rings. The van der Waals surface area contributed by atoms with E-state index in [1.165, 1.54) is 231 Å². The number of carbonyl (C=O) groups excluding carboxylic acids is 2. The third-order valence-corrected chi connectivity index (χ3v) is 14.0. The number of hydrogen-bond donors (Lipinski definition) is 3. The van der Waals surface area contributed by atoms with Gasteiger partial charge >= 0.3 is 19.8 Å². The first-order valence-corrected chi connectivity index (χ1v) is 30.0. The van der Waals surface area contributed by atoms with E-state index in [9.17, 15) is 24.2 Å². The van der Waals surface area contributed by atoms with E-state index < -0.39 is 51.8 Å². The van der Waals surface area contributed by atoms with Gasteiger partial charge in [0.1, 0.15) is 12.7 Å². The summed E-state index contributed by atoms with van der Waals surface area (Å²) in [5.74, 6) is -0.899. The summed E-state index contributed by atoms with van der Waals surface area (Å²) in [5, 5.41) is 18.4. The van der Waals surface area contributed by atoms with Crippen LogP contribution in [-0.2, 0) is 32.7 Å². The van der Waals surface area contributed by atoms with Gasteiger partial charge in [-0.2, -0.15) is 0 Å². The maximum absolute atomic E-state index is 12.7. The molecule has 0 aromatic carbocycles. The van der Waals surface area contributed by atoms with Gasteiger partial charge in [-0.15, -0.1) is 0 Å². The Balaban J connectivity index is 4.05. The van der Waals surface area contributed by atoms with Crippen LogP contribution in [0.1, 0.15) is 303 Å². The molecule has 0 saturated carbocycles. The van der Waals surface area contributed by atoms with E-state index in [-0.39, 0.29) is 19.4 Å². The Kier molecular flexibility index (Phi) is 51.0. The summed E-state index contributed by atoms with van der Waals surface area (Å²) >= 11 is 0. The zero-order valence-corrected chi connectivity index (χ0v) is 44.3. The zero-order chi connectivity index (χ0) is 48.3. The van der Waals surface area contributed by atoms with Gasteiger partial charge < -0.3 is 24.6 Å². The Morgan fingerprint density at radius 2 is 0.652 bits per heavy atom. The third kappa shape index (κ3) is 50.8. The van der Waals surface area contributed by atoms with Gasteiger partial charge in [-0.1, -0.05) is 277 Å². The fraction of sp³-hybridized carbons (Fsp3) is 0.964. The minimum Gasteiger partial charge on any atom is -0.462 e. The molecule has 0 aliphatic carbocycles. The Bertz CT molecular complexity index is 1060. The minimum atomic E-state index is -4.62. The van der Waals surface area contributed by atoms with Gasteiger partial charge in [-0.05, 0) is 12.8 Å². The lowest BCUT2D eigenvalue weighted by Crippen LogP contribution is -2.29. The molecule has 0 rings (SSSR count). The molecule has 0 heterocycles. The number of phosphoric acid groups is 1. The van der Waals surface area contributed by atoms with Crippen LogP contribution >= 0.6 is 7.82 Å². The van der Waals surface area contributed by atoms with Crippen molar-refractivity contribution in [2.24, 2.45) is 0 Å². The molecule has 0 aromatic heterocycles. The summed E-state index contributed by atoms with van der Waals surface area (Å²) in [6, 6.07) is 0. The maximum Gasteiger partial charge on any atom is 0.472 e. The van der Waals surface area contributed by atoms with Gasteiger partial charge in [0.25, 0.3) is 0 Å². The van der Waals surface area contributed by atoms with E-state index in [0.29, 0.717) is 12.8 Å². The van der Waals surface area contributed by atoms with Crippen LogP contribution in [0.2, 0.25) is 0 Å². The lowest BCUT2D eigenvalue weighted by Gasteiger charge is -2.20. The van der Waals surface area contributed by atoms with Crippen molar-refractivity contribution in [1.82, 2.24) is 0 Å². The fourth-order valence-electron chi connectivity index (χ4n) is 8.65. The Labute approximate surface area is 407 Å². The normalized spacial score (nSPS) is 13.5. The van der Waals surface area contributed by atoms with Crippen molar-refractivity contribution >= 4 is 19.8 Å². The van der Waals surface area contributed by atoms with Crippen molar-refractivity contribution < 1.29 is 47.8 Å². The highest BCUT2D eigenvalue weighted by Crippen LogP contribution is 2.43. The topological polar surface area (TPSA) is 149 Å². The summed E-state index contributed by atoms with van der Waals surface area (Å²) in [7, 11) is -4.62. The van der Waals surface area contributed by atoms with Crippen molar-refractivity contribution in [3.63, 3.8) is 0 Å². The Morgan fingerprint density at radius 1 is 0.394 bits per heavy atom. The van der Waals surface area contributed by atoms with E-state index in [1.807, 2.05) is 0 Å². The molecule has 10 nitrogen and oxygen atoms in total. The molecular weight excluding hydrogens is 852 g/mol. The van der Waals surface area contributed by atoms with Crippen LogP contribution in [0.15, 0.2) is 0 Å². The van der Waals surface area contributed by atoms with Crippen LogP contribution < -0.4 is 0 Å². The van der Waals surface area contributed by atoms with Gasteiger partial charge in [-0.3, -0.25) is 18.6 Å². The molecular formula is C55H109O10P. The van der Waals surface area contributed by atoms with Crippen molar-refractivity contribution in [1.29, 1.82) is 0 Å². The number of aliphatic hydroxyl groups excluding tert-OH is 2. The average molecular weight is 961 g/mol. The summed E-state index contributed by atoms with van der Waals surface area (Å²) in [6.07, 6.45) is 53.7. The third-order valence-electron chi connectivity index (χ3n) is 13.0. The molecule has 0 amide bonds. The number of aliphatic hydroxyl groups is 2. The van der Waals surface area contributed by atoms with Crippen LogP contribution in [0.25, 0.3) is 0 Å². The predicted molar refractivity (Wildman–Crippen MR) is 275 cm³/mol. The number of esters is 2. The monoisotopic (exact) mass is 961 g/mol. The standard InChI is InChI=1S/C55H109O10P/c1-3-5-7-9-11-13-15-17-19-21-23-25-27-28-30-32-34-36-38-40-42-44-46-54(58)62-50-53(51-64-66(60,61)63-49-52(57)48-56)65-55(59)47-45-43-41-39-37-35-33-31-29-26-24-22-20-18-16-14-12-10-8-6-4-2/h52-53,56-57H,3-51H2,1-2H3,(H,60,61)/t52-,53+/m0/s1. The number of rotatable bonds is 55. The van der Waals surface area contributed by atoms with E-state index in [4.69, 9.17) is 23.6 Å². The molecule has 3 N–H and O–H groups in total. The summed E-state index contributed by atoms with van der Waals surface area (Å²) in [4.78, 5) is 35.3. The first-order chi connectivity index (χ1) is 32.2.